The third-order valence-corrected chi connectivity index (χ3v) is 3.90. The molecule has 0 aliphatic heterocycles. The van der Waals surface area contributed by atoms with Crippen LogP contribution in [-0.4, -0.2) is 29.3 Å². The fourth-order valence-electron chi connectivity index (χ4n) is 2.39. The van der Waals surface area contributed by atoms with Crippen molar-refractivity contribution in [2.24, 2.45) is 5.92 Å². The molecule has 4 nitrogen and oxygen atoms in total. The van der Waals surface area contributed by atoms with Gasteiger partial charge in [-0.15, -0.1) is 0 Å². The number of nitrogens with zero attached hydrogens (tertiary/aromatic N) is 1. The molecule has 2 amide bonds. The molecule has 1 atom stereocenters. The first-order valence-electron chi connectivity index (χ1n) is 8.59. The summed E-state index contributed by atoms with van der Waals surface area (Å²) in [6.45, 7) is 8.80. The van der Waals surface area contributed by atoms with E-state index in [1.807, 2.05) is 44.2 Å². The Hall–Kier alpha value is -1.84. The van der Waals surface area contributed by atoms with Gasteiger partial charge in [0.15, 0.2) is 0 Å². The largest absolute Gasteiger partial charge is 0.354 e. The minimum Gasteiger partial charge on any atom is -0.354 e. The number of hydrogen-bond donors (Lipinski definition) is 1. The molecule has 128 valence electrons. The van der Waals surface area contributed by atoms with E-state index in [1.54, 1.807) is 11.8 Å². The van der Waals surface area contributed by atoms with E-state index < -0.39 is 6.04 Å². The van der Waals surface area contributed by atoms with Crippen LogP contribution in [0.5, 0.6) is 0 Å². The maximum absolute atomic E-state index is 12.5. The Bertz CT molecular complexity index is 485. The lowest BCUT2D eigenvalue weighted by molar-refractivity contribution is -0.143. The molecule has 1 unspecified atom stereocenters. The summed E-state index contributed by atoms with van der Waals surface area (Å²) in [5.74, 6) is -0.204. The summed E-state index contributed by atoms with van der Waals surface area (Å²) in [6.07, 6.45) is 3.20. The summed E-state index contributed by atoms with van der Waals surface area (Å²) >= 11 is 0. The van der Waals surface area contributed by atoms with Crippen molar-refractivity contribution < 1.29 is 9.59 Å². The molecule has 0 bridgehead atoms. The molecule has 4 heteroatoms. The highest BCUT2D eigenvalue weighted by atomic mass is 16.2. The first-order valence-corrected chi connectivity index (χ1v) is 8.59. The van der Waals surface area contributed by atoms with Crippen molar-refractivity contribution in [3.8, 4) is 0 Å². The Morgan fingerprint density at radius 2 is 1.74 bits per heavy atom. The van der Waals surface area contributed by atoms with E-state index in [4.69, 9.17) is 0 Å². The number of rotatable bonds is 9. The standard InChI is InChI=1S/C19H30N2O2/c1-5-6-10-13-20-18(22)16(4)21(19(23)15(2)3)14-17-11-8-7-9-12-17/h7-9,11-12,15-16H,5-6,10,13-14H2,1-4H3,(H,20,22). The third kappa shape index (κ3) is 6.43. The lowest BCUT2D eigenvalue weighted by Crippen LogP contribution is -2.49. The van der Waals surface area contributed by atoms with Gasteiger partial charge in [0.2, 0.25) is 11.8 Å². The van der Waals surface area contributed by atoms with Crippen LogP contribution in [0.3, 0.4) is 0 Å². The predicted molar refractivity (Wildman–Crippen MR) is 93.8 cm³/mol. The number of nitrogens with one attached hydrogen (secondary N) is 1. The molecule has 23 heavy (non-hydrogen) atoms. The maximum atomic E-state index is 12.5. The van der Waals surface area contributed by atoms with Crippen LogP contribution in [0.2, 0.25) is 0 Å². The number of carbonyl (C=O) groups is 2. The molecule has 0 heterocycles. The Morgan fingerprint density at radius 3 is 2.30 bits per heavy atom. The van der Waals surface area contributed by atoms with Crippen molar-refractivity contribution in [2.75, 3.05) is 6.54 Å². The smallest absolute Gasteiger partial charge is 0.242 e. The van der Waals surface area contributed by atoms with E-state index in [1.165, 1.54) is 0 Å². The number of carbonyl (C=O) groups excluding carboxylic acids is 2. The maximum Gasteiger partial charge on any atom is 0.242 e. The molecular formula is C19H30N2O2. The summed E-state index contributed by atoms with van der Waals surface area (Å²) in [5.41, 5.74) is 1.03. The van der Waals surface area contributed by atoms with Crippen LogP contribution >= 0.6 is 0 Å². The SMILES string of the molecule is CCCCCNC(=O)C(C)N(Cc1ccccc1)C(=O)C(C)C. The van der Waals surface area contributed by atoms with Crippen LogP contribution in [-0.2, 0) is 16.1 Å². The van der Waals surface area contributed by atoms with Crippen molar-refractivity contribution >= 4 is 11.8 Å². The summed E-state index contributed by atoms with van der Waals surface area (Å²) in [7, 11) is 0. The van der Waals surface area contributed by atoms with E-state index in [9.17, 15) is 9.59 Å². The van der Waals surface area contributed by atoms with Gasteiger partial charge in [-0.2, -0.15) is 0 Å². The minimum absolute atomic E-state index is 0.00469. The van der Waals surface area contributed by atoms with E-state index in [-0.39, 0.29) is 17.7 Å². The molecule has 0 aliphatic rings. The fraction of sp³-hybridized carbons (Fsp3) is 0.579. The molecule has 0 radical (unpaired) electrons. The molecule has 0 aromatic heterocycles. The molecule has 0 aliphatic carbocycles. The second-order valence-electron chi connectivity index (χ2n) is 6.28. The Morgan fingerprint density at radius 1 is 1.09 bits per heavy atom. The van der Waals surface area contributed by atoms with Gasteiger partial charge in [0.25, 0.3) is 0 Å². The highest BCUT2D eigenvalue weighted by Crippen LogP contribution is 2.13. The monoisotopic (exact) mass is 318 g/mol. The molecule has 1 aromatic carbocycles. The first-order chi connectivity index (χ1) is 11.0. The lowest BCUT2D eigenvalue weighted by Gasteiger charge is -2.30. The Balaban J connectivity index is 2.74. The predicted octanol–water partition coefficient (Wildman–Crippen LogP) is 3.37. The van der Waals surface area contributed by atoms with Gasteiger partial charge in [-0.3, -0.25) is 9.59 Å². The first kappa shape index (κ1) is 19.2. The van der Waals surface area contributed by atoms with Crippen LogP contribution in [0, 0.1) is 5.92 Å². The fourth-order valence-corrected chi connectivity index (χ4v) is 2.39. The van der Waals surface area contributed by atoms with Gasteiger partial charge in [0, 0.05) is 19.0 Å². The zero-order valence-corrected chi connectivity index (χ0v) is 14.8. The highest BCUT2D eigenvalue weighted by molar-refractivity contribution is 5.88. The van der Waals surface area contributed by atoms with Gasteiger partial charge in [-0.25, -0.2) is 0 Å². The lowest BCUT2D eigenvalue weighted by atomic mass is 10.1. The van der Waals surface area contributed by atoms with E-state index in [0.29, 0.717) is 13.1 Å². The van der Waals surface area contributed by atoms with Crippen molar-refractivity contribution in [2.45, 2.75) is 59.5 Å². The number of unbranched alkanes of at least 4 members (excludes halogenated alkanes) is 2. The molecule has 1 rings (SSSR count). The Labute approximate surface area is 140 Å². The molecule has 0 spiro atoms. The topological polar surface area (TPSA) is 49.4 Å². The Kier molecular flexibility index (Phi) is 8.38. The molecule has 1 aromatic rings. The number of hydrogen-bond acceptors (Lipinski definition) is 2. The zero-order chi connectivity index (χ0) is 17.2. The van der Waals surface area contributed by atoms with Gasteiger partial charge in [-0.1, -0.05) is 63.9 Å². The van der Waals surface area contributed by atoms with Gasteiger partial charge in [0.05, 0.1) is 0 Å². The van der Waals surface area contributed by atoms with Crippen molar-refractivity contribution in [3.63, 3.8) is 0 Å². The van der Waals surface area contributed by atoms with Gasteiger partial charge in [0.1, 0.15) is 6.04 Å². The number of amides is 2. The molecule has 1 N–H and O–H groups in total. The van der Waals surface area contributed by atoms with Gasteiger partial charge < -0.3 is 10.2 Å². The van der Waals surface area contributed by atoms with Crippen LogP contribution in [0.1, 0.15) is 52.5 Å². The van der Waals surface area contributed by atoms with Gasteiger partial charge in [-0.05, 0) is 18.9 Å². The van der Waals surface area contributed by atoms with Crippen LogP contribution in [0.15, 0.2) is 30.3 Å². The third-order valence-electron chi connectivity index (χ3n) is 3.90. The molecule has 0 saturated carbocycles. The quantitative estimate of drug-likeness (QED) is 0.710. The second-order valence-corrected chi connectivity index (χ2v) is 6.28. The number of benzene rings is 1. The average molecular weight is 318 g/mol. The van der Waals surface area contributed by atoms with Crippen LogP contribution in [0.25, 0.3) is 0 Å². The van der Waals surface area contributed by atoms with Crippen molar-refractivity contribution in [1.82, 2.24) is 10.2 Å². The summed E-state index contributed by atoms with van der Waals surface area (Å²) in [5, 5.41) is 2.94. The van der Waals surface area contributed by atoms with Crippen molar-refractivity contribution in [3.05, 3.63) is 35.9 Å². The second kappa shape index (κ2) is 10.0. The van der Waals surface area contributed by atoms with Crippen molar-refractivity contribution in [1.29, 1.82) is 0 Å². The highest BCUT2D eigenvalue weighted by Gasteiger charge is 2.27. The van der Waals surface area contributed by atoms with Gasteiger partial charge >= 0.3 is 0 Å². The van der Waals surface area contributed by atoms with E-state index >= 15 is 0 Å². The normalized spacial score (nSPS) is 12.0. The van der Waals surface area contributed by atoms with Crippen LogP contribution < -0.4 is 5.32 Å². The minimum atomic E-state index is -0.466. The average Bonchev–Trinajstić information content (AvgIpc) is 2.56. The summed E-state index contributed by atoms with van der Waals surface area (Å²) < 4.78 is 0. The van der Waals surface area contributed by atoms with E-state index in [0.717, 1.165) is 24.8 Å². The molecule has 0 saturated heterocycles. The van der Waals surface area contributed by atoms with E-state index in [2.05, 4.69) is 12.2 Å². The summed E-state index contributed by atoms with van der Waals surface area (Å²) in [6, 6.07) is 9.33. The molecular weight excluding hydrogens is 288 g/mol. The zero-order valence-electron chi connectivity index (χ0n) is 14.8. The molecule has 0 fully saturated rings. The van der Waals surface area contributed by atoms with Crippen LogP contribution in [0.4, 0.5) is 0 Å². The summed E-state index contributed by atoms with van der Waals surface area (Å²) in [4.78, 5) is 26.6.